The highest BCUT2D eigenvalue weighted by Crippen LogP contribution is 2.48. The summed E-state index contributed by atoms with van der Waals surface area (Å²) in [7, 11) is 8.17. The molecule has 4 atom stereocenters. The molecular weight excluding hydrogens is 486 g/mol. The van der Waals surface area contributed by atoms with Crippen LogP contribution in [0.25, 0.3) is 0 Å². The third kappa shape index (κ3) is 5.73. The summed E-state index contributed by atoms with van der Waals surface area (Å²) in [5.41, 5.74) is 0.754. The predicted octanol–water partition coefficient (Wildman–Crippen LogP) is 3.36. The standard InChI is InChI=1S/C29H45N3O6/c1-30-25(33)18-22(26(30)21-12-13-24(36-3)28(38-5)27(21)37-4)29(34)32(16-9-17-35-2)19-20-10-8-15-31-14-7-6-11-23(20)31/h12-13,20,22-23,26H,6-11,14-19H2,1-5H3. The van der Waals surface area contributed by atoms with Crippen LogP contribution >= 0.6 is 0 Å². The Kier molecular flexibility index (Phi) is 9.76. The summed E-state index contributed by atoms with van der Waals surface area (Å²) in [6, 6.07) is 3.79. The molecule has 0 N–H and O–H groups in total. The van der Waals surface area contributed by atoms with E-state index in [-0.39, 0.29) is 18.2 Å². The van der Waals surface area contributed by atoms with Crippen molar-refractivity contribution in [3.05, 3.63) is 17.7 Å². The van der Waals surface area contributed by atoms with Gasteiger partial charge >= 0.3 is 0 Å². The number of hydrogen-bond acceptors (Lipinski definition) is 7. The lowest BCUT2D eigenvalue weighted by atomic mass is 9.82. The topological polar surface area (TPSA) is 80.8 Å². The van der Waals surface area contributed by atoms with Crippen LogP contribution < -0.4 is 14.2 Å². The SMILES string of the molecule is COCCCN(CC1CCCN2CCCCC12)C(=O)C1CC(=O)N(C)C1c1ccc(OC)c(OC)c1OC. The molecule has 9 heteroatoms. The third-order valence-corrected chi connectivity index (χ3v) is 8.73. The molecule has 0 spiro atoms. The van der Waals surface area contributed by atoms with Gasteiger partial charge in [-0.2, -0.15) is 0 Å². The molecule has 1 aromatic rings. The average Bonchev–Trinajstić information content (AvgIpc) is 3.24. The van der Waals surface area contributed by atoms with Crippen LogP contribution in [-0.2, 0) is 14.3 Å². The van der Waals surface area contributed by atoms with Crippen LogP contribution in [0.4, 0.5) is 0 Å². The molecule has 0 bridgehead atoms. The number of rotatable bonds is 11. The molecule has 38 heavy (non-hydrogen) atoms. The minimum absolute atomic E-state index is 0.0357. The fourth-order valence-corrected chi connectivity index (χ4v) is 6.87. The number of nitrogens with zero attached hydrogens (tertiary/aromatic N) is 3. The van der Waals surface area contributed by atoms with Crippen molar-refractivity contribution < 1.29 is 28.5 Å². The van der Waals surface area contributed by atoms with Gasteiger partial charge in [-0.1, -0.05) is 6.42 Å². The number of ether oxygens (including phenoxy) is 4. The summed E-state index contributed by atoms with van der Waals surface area (Å²) in [4.78, 5) is 33.7. The lowest BCUT2D eigenvalue weighted by Gasteiger charge is -2.46. The first-order chi connectivity index (χ1) is 18.4. The fraction of sp³-hybridized carbons (Fsp3) is 0.724. The van der Waals surface area contributed by atoms with Gasteiger partial charge in [-0.05, 0) is 63.2 Å². The molecule has 2 amide bonds. The van der Waals surface area contributed by atoms with Crippen LogP contribution in [0.15, 0.2) is 12.1 Å². The van der Waals surface area contributed by atoms with Gasteiger partial charge in [0.05, 0.1) is 33.3 Å². The summed E-state index contributed by atoms with van der Waals surface area (Å²) in [5, 5.41) is 0. The lowest BCUT2D eigenvalue weighted by Crippen LogP contribution is -2.52. The van der Waals surface area contributed by atoms with Crippen molar-refractivity contribution >= 4 is 11.8 Å². The Morgan fingerprint density at radius 2 is 1.76 bits per heavy atom. The van der Waals surface area contributed by atoms with E-state index in [1.807, 2.05) is 17.0 Å². The number of carbonyl (C=O) groups is 2. The van der Waals surface area contributed by atoms with Gasteiger partial charge < -0.3 is 33.6 Å². The summed E-state index contributed by atoms with van der Waals surface area (Å²) in [6.45, 7) is 4.29. The maximum Gasteiger partial charge on any atom is 0.228 e. The lowest BCUT2D eigenvalue weighted by molar-refractivity contribution is -0.138. The van der Waals surface area contributed by atoms with Crippen LogP contribution in [0.3, 0.4) is 0 Å². The van der Waals surface area contributed by atoms with Gasteiger partial charge in [0.2, 0.25) is 17.6 Å². The van der Waals surface area contributed by atoms with Gasteiger partial charge in [0.25, 0.3) is 0 Å². The van der Waals surface area contributed by atoms with E-state index in [0.29, 0.717) is 42.4 Å². The predicted molar refractivity (Wildman–Crippen MR) is 145 cm³/mol. The van der Waals surface area contributed by atoms with Crippen LogP contribution in [0.5, 0.6) is 17.2 Å². The maximum absolute atomic E-state index is 14.3. The zero-order chi connectivity index (χ0) is 27.2. The molecule has 3 aliphatic heterocycles. The molecule has 9 nitrogen and oxygen atoms in total. The molecular formula is C29H45N3O6. The van der Waals surface area contributed by atoms with Crippen molar-refractivity contribution in [3.8, 4) is 17.2 Å². The van der Waals surface area contributed by atoms with E-state index in [1.54, 1.807) is 40.4 Å². The van der Waals surface area contributed by atoms with Gasteiger partial charge in [0.1, 0.15) is 0 Å². The number of fused-ring (bicyclic) bond motifs is 1. The third-order valence-electron chi connectivity index (χ3n) is 8.73. The van der Waals surface area contributed by atoms with E-state index in [0.717, 1.165) is 24.9 Å². The van der Waals surface area contributed by atoms with Gasteiger partial charge in [-0.3, -0.25) is 9.59 Å². The molecule has 3 aliphatic rings. The minimum Gasteiger partial charge on any atom is -0.493 e. The Hall–Kier alpha value is -2.52. The van der Waals surface area contributed by atoms with Crippen LogP contribution in [0, 0.1) is 11.8 Å². The van der Waals surface area contributed by atoms with Gasteiger partial charge in [0.15, 0.2) is 11.5 Å². The van der Waals surface area contributed by atoms with Crippen molar-refractivity contribution in [2.45, 2.75) is 57.0 Å². The van der Waals surface area contributed by atoms with Crippen molar-refractivity contribution in [1.82, 2.24) is 14.7 Å². The Morgan fingerprint density at radius 3 is 2.47 bits per heavy atom. The van der Waals surface area contributed by atoms with Crippen LogP contribution in [0.2, 0.25) is 0 Å². The summed E-state index contributed by atoms with van der Waals surface area (Å²) >= 11 is 0. The van der Waals surface area contributed by atoms with E-state index in [2.05, 4.69) is 4.90 Å². The number of piperidine rings is 2. The van der Waals surface area contributed by atoms with Gasteiger partial charge in [-0.15, -0.1) is 0 Å². The summed E-state index contributed by atoms with van der Waals surface area (Å²) < 4.78 is 22.2. The summed E-state index contributed by atoms with van der Waals surface area (Å²) in [5.74, 6) is 1.44. The number of likely N-dealkylation sites (tertiary alicyclic amines) is 1. The maximum atomic E-state index is 14.3. The van der Waals surface area contributed by atoms with Crippen LogP contribution in [-0.4, -0.2) is 101 Å². The van der Waals surface area contributed by atoms with E-state index in [1.165, 1.54) is 38.8 Å². The monoisotopic (exact) mass is 531 g/mol. The molecule has 1 aromatic carbocycles. The molecule has 212 valence electrons. The minimum atomic E-state index is -0.506. The molecule has 0 aromatic heterocycles. The normalized spacial score (nSPS) is 25.7. The first-order valence-corrected chi connectivity index (χ1v) is 14.0. The Labute approximate surface area is 227 Å². The largest absolute Gasteiger partial charge is 0.493 e. The molecule has 0 aliphatic carbocycles. The van der Waals surface area contributed by atoms with E-state index >= 15 is 0 Å². The molecule has 3 saturated heterocycles. The van der Waals surface area contributed by atoms with Crippen molar-refractivity contribution in [1.29, 1.82) is 0 Å². The molecule has 0 radical (unpaired) electrons. The molecule has 3 fully saturated rings. The van der Waals surface area contributed by atoms with Crippen LogP contribution in [0.1, 0.15) is 56.6 Å². The zero-order valence-corrected chi connectivity index (χ0v) is 23.7. The second kappa shape index (κ2) is 13.0. The quantitative estimate of drug-likeness (QED) is 0.405. The Bertz CT molecular complexity index is 970. The second-order valence-corrected chi connectivity index (χ2v) is 10.8. The molecule has 0 saturated carbocycles. The van der Waals surface area contributed by atoms with Crippen molar-refractivity contribution in [2.75, 3.05) is 68.3 Å². The Balaban J connectivity index is 1.64. The number of amides is 2. The Morgan fingerprint density at radius 1 is 1.00 bits per heavy atom. The van der Waals surface area contributed by atoms with Gasteiger partial charge in [0, 0.05) is 51.9 Å². The fourth-order valence-electron chi connectivity index (χ4n) is 6.87. The first kappa shape index (κ1) is 28.5. The average molecular weight is 532 g/mol. The highest BCUT2D eigenvalue weighted by Gasteiger charge is 2.46. The number of methoxy groups -OCH3 is 4. The van der Waals surface area contributed by atoms with E-state index < -0.39 is 12.0 Å². The van der Waals surface area contributed by atoms with Gasteiger partial charge in [-0.25, -0.2) is 0 Å². The number of hydrogen-bond donors (Lipinski definition) is 0. The van der Waals surface area contributed by atoms with Crippen molar-refractivity contribution in [2.24, 2.45) is 11.8 Å². The molecule has 3 heterocycles. The van der Waals surface area contributed by atoms with E-state index in [4.69, 9.17) is 18.9 Å². The highest BCUT2D eigenvalue weighted by atomic mass is 16.5. The number of carbonyl (C=O) groups excluding carboxylic acids is 2. The van der Waals surface area contributed by atoms with Crippen molar-refractivity contribution in [3.63, 3.8) is 0 Å². The smallest absolute Gasteiger partial charge is 0.228 e. The second-order valence-electron chi connectivity index (χ2n) is 10.8. The summed E-state index contributed by atoms with van der Waals surface area (Å²) in [6.07, 6.45) is 7.01. The first-order valence-electron chi connectivity index (χ1n) is 14.0. The zero-order valence-electron chi connectivity index (χ0n) is 23.7. The van der Waals surface area contributed by atoms with E-state index in [9.17, 15) is 9.59 Å². The number of benzene rings is 1. The molecule has 4 rings (SSSR count). The molecule has 4 unspecified atom stereocenters. The highest BCUT2D eigenvalue weighted by molar-refractivity contribution is 5.90.